The molecule has 7 heteroatoms. The van der Waals surface area contributed by atoms with E-state index in [0.29, 0.717) is 35.1 Å². The van der Waals surface area contributed by atoms with Crippen molar-refractivity contribution >= 4 is 28.6 Å². The fourth-order valence-corrected chi connectivity index (χ4v) is 4.52. The zero-order valence-corrected chi connectivity index (χ0v) is 17.7. The van der Waals surface area contributed by atoms with Crippen molar-refractivity contribution in [2.24, 2.45) is 5.92 Å². The molecule has 0 radical (unpaired) electrons. The van der Waals surface area contributed by atoms with E-state index in [1.165, 1.54) is 11.8 Å². The van der Waals surface area contributed by atoms with Crippen LogP contribution < -0.4 is 5.56 Å². The number of piperidine rings is 1. The molecule has 1 aliphatic heterocycles. The Morgan fingerprint density at radius 3 is 2.75 bits per heavy atom. The summed E-state index contributed by atoms with van der Waals surface area (Å²) in [6.07, 6.45) is 2.83. The van der Waals surface area contributed by atoms with Gasteiger partial charge >= 0.3 is 0 Å². The zero-order chi connectivity index (χ0) is 20.1. The van der Waals surface area contributed by atoms with Crippen LogP contribution in [0.5, 0.6) is 0 Å². The summed E-state index contributed by atoms with van der Waals surface area (Å²) in [5.74, 6) is 0.808. The summed E-state index contributed by atoms with van der Waals surface area (Å²) in [6.45, 7) is 6.87. The number of thioether (sulfide) groups is 1. The van der Waals surface area contributed by atoms with Crippen LogP contribution in [0, 0.1) is 5.92 Å². The quantitative estimate of drug-likeness (QED) is 0.404. The predicted molar refractivity (Wildman–Crippen MR) is 113 cm³/mol. The van der Waals surface area contributed by atoms with Gasteiger partial charge in [-0.2, -0.15) is 0 Å². The Bertz CT molecular complexity index is 875. The minimum Gasteiger partial charge on any atom is -0.385 e. The maximum Gasteiger partial charge on any atom is 0.262 e. The fourth-order valence-electron chi connectivity index (χ4n) is 3.50. The van der Waals surface area contributed by atoms with Crippen LogP contribution in [-0.4, -0.2) is 52.4 Å². The van der Waals surface area contributed by atoms with Crippen molar-refractivity contribution in [3.05, 3.63) is 34.6 Å². The first kappa shape index (κ1) is 20.9. The number of amides is 1. The van der Waals surface area contributed by atoms with E-state index in [1.807, 2.05) is 30.0 Å². The molecule has 1 amide bonds. The molecule has 1 unspecified atom stereocenters. The second kappa shape index (κ2) is 9.56. The van der Waals surface area contributed by atoms with Crippen molar-refractivity contribution in [1.29, 1.82) is 0 Å². The van der Waals surface area contributed by atoms with Gasteiger partial charge in [0, 0.05) is 33.4 Å². The maximum absolute atomic E-state index is 13.0. The largest absolute Gasteiger partial charge is 0.385 e. The van der Waals surface area contributed by atoms with Gasteiger partial charge in [0.25, 0.3) is 5.56 Å². The molecule has 3 rings (SSSR count). The molecular weight excluding hydrogens is 374 g/mol. The smallest absolute Gasteiger partial charge is 0.262 e. The third kappa shape index (κ3) is 4.75. The number of hydrogen-bond acceptors (Lipinski definition) is 5. The first-order valence-electron chi connectivity index (χ1n) is 9.95. The summed E-state index contributed by atoms with van der Waals surface area (Å²) >= 11 is 1.38. The summed E-state index contributed by atoms with van der Waals surface area (Å²) in [5, 5.41) is 0.925. The molecule has 1 saturated heterocycles. The predicted octanol–water partition coefficient (Wildman–Crippen LogP) is 3.17. The Hall–Kier alpha value is -1.86. The normalized spacial score (nSPS) is 16.5. The topological polar surface area (TPSA) is 64.4 Å². The summed E-state index contributed by atoms with van der Waals surface area (Å²) < 4.78 is 6.82. The molecule has 0 N–H and O–H groups in total. The first-order chi connectivity index (χ1) is 13.5. The standard InChI is InChI=1S/C21H29N3O3S/c1-15-9-12-23(13-10-15)19(25)16(2)28-21-22-18-8-5-4-7-17(18)20(26)24(21)11-6-14-27-3/h4-5,7-8,15-16H,6,9-14H2,1-3H3. The van der Waals surface area contributed by atoms with Crippen LogP contribution in [0.15, 0.2) is 34.2 Å². The highest BCUT2D eigenvalue weighted by molar-refractivity contribution is 8.00. The Kier molecular flexibility index (Phi) is 7.13. The summed E-state index contributed by atoms with van der Waals surface area (Å²) in [7, 11) is 1.65. The number of methoxy groups -OCH3 is 1. The van der Waals surface area contributed by atoms with E-state index >= 15 is 0 Å². The second-order valence-corrected chi connectivity index (χ2v) is 8.79. The van der Waals surface area contributed by atoms with Crippen molar-refractivity contribution in [1.82, 2.24) is 14.5 Å². The third-order valence-electron chi connectivity index (χ3n) is 5.28. The van der Waals surface area contributed by atoms with E-state index in [9.17, 15) is 9.59 Å². The maximum atomic E-state index is 13.0. The molecule has 1 fully saturated rings. The SMILES string of the molecule is COCCCn1c(SC(C)C(=O)N2CCC(C)CC2)nc2ccccc2c1=O. The van der Waals surface area contributed by atoms with E-state index < -0.39 is 0 Å². The zero-order valence-electron chi connectivity index (χ0n) is 16.9. The number of hydrogen-bond donors (Lipinski definition) is 0. The van der Waals surface area contributed by atoms with E-state index in [1.54, 1.807) is 17.7 Å². The van der Waals surface area contributed by atoms with Gasteiger partial charge in [0.15, 0.2) is 5.16 Å². The Labute approximate surface area is 170 Å². The van der Waals surface area contributed by atoms with Crippen LogP contribution in [0.1, 0.15) is 33.1 Å². The van der Waals surface area contributed by atoms with Gasteiger partial charge in [0.2, 0.25) is 5.91 Å². The number of ether oxygens (including phenoxy) is 1. The first-order valence-corrected chi connectivity index (χ1v) is 10.8. The van der Waals surface area contributed by atoms with E-state index in [-0.39, 0.29) is 16.7 Å². The van der Waals surface area contributed by atoms with Gasteiger partial charge in [-0.25, -0.2) is 4.98 Å². The number of benzene rings is 1. The number of para-hydroxylation sites is 1. The lowest BCUT2D eigenvalue weighted by atomic mass is 9.99. The van der Waals surface area contributed by atoms with Crippen LogP contribution in [0.3, 0.4) is 0 Å². The summed E-state index contributed by atoms with van der Waals surface area (Å²) in [4.78, 5) is 32.6. The molecule has 1 aliphatic rings. The van der Waals surface area contributed by atoms with E-state index in [4.69, 9.17) is 9.72 Å². The lowest BCUT2D eigenvalue weighted by Crippen LogP contribution is -2.42. The lowest BCUT2D eigenvalue weighted by molar-refractivity contribution is -0.131. The molecule has 0 bridgehead atoms. The molecule has 28 heavy (non-hydrogen) atoms. The number of fused-ring (bicyclic) bond motifs is 1. The molecule has 0 spiro atoms. The highest BCUT2D eigenvalue weighted by Crippen LogP contribution is 2.26. The van der Waals surface area contributed by atoms with Crippen LogP contribution in [0.4, 0.5) is 0 Å². The number of carbonyl (C=O) groups excluding carboxylic acids is 1. The van der Waals surface area contributed by atoms with E-state index in [2.05, 4.69) is 6.92 Å². The monoisotopic (exact) mass is 403 g/mol. The highest BCUT2D eigenvalue weighted by atomic mass is 32.2. The van der Waals surface area contributed by atoms with Crippen molar-refractivity contribution in [3.8, 4) is 0 Å². The molecule has 0 aliphatic carbocycles. The molecule has 1 aromatic carbocycles. The molecule has 152 valence electrons. The minimum atomic E-state index is -0.282. The van der Waals surface area contributed by atoms with Gasteiger partial charge in [-0.05, 0) is 44.2 Å². The minimum absolute atomic E-state index is 0.0596. The molecule has 2 aromatic rings. The van der Waals surface area contributed by atoms with Gasteiger partial charge in [0.05, 0.1) is 16.2 Å². The Balaban J connectivity index is 1.84. The van der Waals surface area contributed by atoms with Gasteiger partial charge in [-0.1, -0.05) is 30.8 Å². The van der Waals surface area contributed by atoms with E-state index in [0.717, 1.165) is 32.4 Å². The molecule has 2 heterocycles. The van der Waals surface area contributed by atoms with Gasteiger partial charge in [-0.3, -0.25) is 14.2 Å². The highest BCUT2D eigenvalue weighted by Gasteiger charge is 2.26. The number of aromatic nitrogens is 2. The van der Waals surface area contributed by atoms with Gasteiger partial charge in [0.1, 0.15) is 0 Å². The molecular formula is C21H29N3O3S. The van der Waals surface area contributed by atoms with Crippen molar-refractivity contribution in [3.63, 3.8) is 0 Å². The molecule has 0 saturated carbocycles. The number of likely N-dealkylation sites (tertiary alicyclic amines) is 1. The number of rotatable bonds is 7. The van der Waals surface area contributed by atoms with Crippen LogP contribution in [0.25, 0.3) is 10.9 Å². The lowest BCUT2D eigenvalue weighted by Gasteiger charge is -2.32. The van der Waals surface area contributed by atoms with Crippen molar-refractivity contribution in [2.75, 3.05) is 26.8 Å². The molecule has 1 aromatic heterocycles. The Morgan fingerprint density at radius 2 is 2.04 bits per heavy atom. The van der Waals surface area contributed by atoms with Crippen LogP contribution in [0.2, 0.25) is 0 Å². The van der Waals surface area contributed by atoms with Crippen molar-refractivity contribution in [2.45, 2.75) is 50.1 Å². The summed E-state index contributed by atoms with van der Waals surface area (Å²) in [5.41, 5.74) is 0.611. The van der Waals surface area contributed by atoms with Gasteiger partial charge < -0.3 is 9.64 Å². The summed E-state index contributed by atoms with van der Waals surface area (Å²) in [6, 6.07) is 7.37. The fraction of sp³-hybridized carbons (Fsp3) is 0.571. The Morgan fingerprint density at radius 1 is 1.32 bits per heavy atom. The van der Waals surface area contributed by atoms with Crippen LogP contribution in [-0.2, 0) is 16.1 Å². The molecule has 6 nitrogen and oxygen atoms in total. The number of nitrogens with zero attached hydrogens (tertiary/aromatic N) is 3. The van der Waals surface area contributed by atoms with Crippen LogP contribution >= 0.6 is 11.8 Å². The average molecular weight is 404 g/mol. The third-order valence-corrected chi connectivity index (χ3v) is 6.36. The van der Waals surface area contributed by atoms with Gasteiger partial charge in [-0.15, -0.1) is 0 Å². The second-order valence-electron chi connectivity index (χ2n) is 7.48. The average Bonchev–Trinajstić information content (AvgIpc) is 2.70. The number of carbonyl (C=O) groups is 1. The molecule has 1 atom stereocenters. The van der Waals surface area contributed by atoms with Crippen molar-refractivity contribution < 1.29 is 9.53 Å².